The average molecular weight is 347 g/mol. The Balaban J connectivity index is 1.71. The predicted octanol–water partition coefficient (Wildman–Crippen LogP) is 3.68. The summed E-state index contributed by atoms with van der Waals surface area (Å²) in [6.45, 7) is 0. The number of esters is 1. The van der Waals surface area contributed by atoms with Gasteiger partial charge >= 0.3 is 5.97 Å². The van der Waals surface area contributed by atoms with Crippen LogP contribution in [0.15, 0.2) is 72.8 Å². The summed E-state index contributed by atoms with van der Waals surface area (Å²) in [5, 5.41) is 0. The van der Waals surface area contributed by atoms with Gasteiger partial charge in [0.2, 0.25) is 5.91 Å². The molecule has 0 heterocycles. The number of hydrogen-bond acceptors (Lipinski definition) is 4. The Hall–Kier alpha value is -3.60. The second-order valence-corrected chi connectivity index (χ2v) is 5.58. The van der Waals surface area contributed by atoms with Crippen LogP contribution in [0.5, 0.6) is 11.5 Å². The van der Waals surface area contributed by atoms with Crippen molar-refractivity contribution in [1.82, 2.24) is 0 Å². The van der Waals surface area contributed by atoms with Crippen molar-refractivity contribution in [2.45, 2.75) is 0 Å². The van der Waals surface area contributed by atoms with Gasteiger partial charge in [-0.15, -0.1) is 0 Å². The van der Waals surface area contributed by atoms with Gasteiger partial charge in [0.25, 0.3) is 0 Å². The highest BCUT2D eigenvalue weighted by Gasteiger charge is 2.09. The average Bonchev–Trinajstić information content (AvgIpc) is 2.69. The molecule has 0 atom stereocenters. The molecule has 3 aromatic carbocycles. The molecule has 3 aromatic rings. The minimum Gasteiger partial charge on any atom is -0.497 e. The summed E-state index contributed by atoms with van der Waals surface area (Å²) >= 11 is 0. The molecule has 3 rings (SSSR count). The third kappa shape index (κ3) is 3.89. The summed E-state index contributed by atoms with van der Waals surface area (Å²) in [6.07, 6.45) is 0. The van der Waals surface area contributed by atoms with Gasteiger partial charge in [0.15, 0.2) is 0 Å². The molecule has 1 amide bonds. The molecule has 0 saturated carbocycles. The van der Waals surface area contributed by atoms with Crippen LogP contribution in [-0.2, 0) is 0 Å². The van der Waals surface area contributed by atoms with Gasteiger partial charge < -0.3 is 15.2 Å². The fourth-order valence-corrected chi connectivity index (χ4v) is 2.44. The van der Waals surface area contributed by atoms with Crippen LogP contribution in [-0.4, -0.2) is 19.0 Å². The van der Waals surface area contributed by atoms with Crippen LogP contribution in [0.3, 0.4) is 0 Å². The Labute approximate surface area is 151 Å². The molecule has 130 valence electrons. The van der Waals surface area contributed by atoms with Crippen LogP contribution in [0.2, 0.25) is 0 Å². The second kappa shape index (κ2) is 7.53. The number of carbonyl (C=O) groups is 2. The van der Waals surface area contributed by atoms with E-state index >= 15 is 0 Å². The fraction of sp³-hybridized carbons (Fsp3) is 0.0476. The molecule has 0 unspecified atom stereocenters. The predicted molar refractivity (Wildman–Crippen MR) is 98.3 cm³/mol. The molecule has 0 bridgehead atoms. The Morgan fingerprint density at radius 3 is 1.62 bits per heavy atom. The molecule has 0 fully saturated rings. The maximum absolute atomic E-state index is 12.2. The van der Waals surface area contributed by atoms with Crippen molar-refractivity contribution >= 4 is 11.9 Å². The lowest BCUT2D eigenvalue weighted by Gasteiger charge is -2.07. The molecular formula is C21H17NO4. The zero-order chi connectivity index (χ0) is 18.5. The van der Waals surface area contributed by atoms with Gasteiger partial charge in [-0.1, -0.05) is 24.3 Å². The minimum atomic E-state index is -0.465. The van der Waals surface area contributed by atoms with Crippen molar-refractivity contribution in [3.05, 3.63) is 83.9 Å². The third-order valence-electron chi connectivity index (χ3n) is 3.89. The number of benzene rings is 3. The first-order valence-corrected chi connectivity index (χ1v) is 7.93. The number of amides is 1. The molecule has 0 saturated heterocycles. The van der Waals surface area contributed by atoms with E-state index in [0.717, 1.165) is 11.1 Å². The van der Waals surface area contributed by atoms with E-state index in [1.54, 1.807) is 55.6 Å². The standard InChI is InChI=1S/C21H17NO4/c1-25-18-10-12-19(13-11-18)26-21(24)17-8-4-15(5-9-17)14-2-6-16(7-3-14)20(22)23/h2-13H,1H3,(H2,22,23). The highest BCUT2D eigenvalue weighted by Crippen LogP contribution is 2.22. The van der Waals surface area contributed by atoms with Crippen molar-refractivity contribution in [2.75, 3.05) is 7.11 Å². The maximum Gasteiger partial charge on any atom is 0.343 e. The summed E-state index contributed by atoms with van der Waals surface area (Å²) in [6, 6.07) is 20.8. The lowest BCUT2D eigenvalue weighted by atomic mass is 10.0. The number of methoxy groups -OCH3 is 1. The lowest BCUT2D eigenvalue weighted by molar-refractivity contribution is 0.0734. The maximum atomic E-state index is 12.2. The van der Waals surface area contributed by atoms with E-state index in [2.05, 4.69) is 0 Å². The second-order valence-electron chi connectivity index (χ2n) is 5.58. The summed E-state index contributed by atoms with van der Waals surface area (Å²) in [4.78, 5) is 23.3. The van der Waals surface area contributed by atoms with Crippen molar-refractivity contribution in [3.63, 3.8) is 0 Å². The number of rotatable bonds is 5. The number of primary amides is 1. The quantitative estimate of drug-likeness (QED) is 0.564. The molecule has 5 nitrogen and oxygen atoms in total. The topological polar surface area (TPSA) is 78.6 Å². The summed E-state index contributed by atoms with van der Waals surface area (Å²) < 4.78 is 10.4. The van der Waals surface area contributed by atoms with E-state index in [9.17, 15) is 9.59 Å². The molecule has 26 heavy (non-hydrogen) atoms. The Morgan fingerprint density at radius 2 is 1.15 bits per heavy atom. The van der Waals surface area contributed by atoms with Crippen LogP contribution in [0, 0.1) is 0 Å². The van der Waals surface area contributed by atoms with E-state index in [0.29, 0.717) is 22.6 Å². The van der Waals surface area contributed by atoms with Gasteiger partial charge in [-0.2, -0.15) is 0 Å². The van der Waals surface area contributed by atoms with Gasteiger partial charge in [-0.3, -0.25) is 4.79 Å². The van der Waals surface area contributed by atoms with Gasteiger partial charge in [-0.25, -0.2) is 4.79 Å². The fourth-order valence-electron chi connectivity index (χ4n) is 2.44. The highest BCUT2D eigenvalue weighted by molar-refractivity contribution is 5.93. The molecule has 0 aromatic heterocycles. The monoisotopic (exact) mass is 347 g/mol. The molecule has 0 spiro atoms. The molecule has 2 N–H and O–H groups in total. The van der Waals surface area contributed by atoms with Crippen molar-refractivity contribution in [2.24, 2.45) is 5.73 Å². The van der Waals surface area contributed by atoms with Crippen molar-refractivity contribution in [3.8, 4) is 22.6 Å². The van der Waals surface area contributed by atoms with E-state index < -0.39 is 11.9 Å². The Bertz CT molecular complexity index is 914. The minimum absolute atomic E-state index is 0.439. The summed E-state index contributed by atoms with van der Waals surface area (Å²) in [5.41, 5.74) is 7.97. The van der Waals surface area contributed by atoms with Crippen LogP contribution in [0.1, 0.15) is 20.7 Å². The zero-order valence-electron chi connectivity index (χ0n) is 14.1. The third-order valence-corrected chi connectivity index (χ3v) is 3.89. The van der Waals surface area contributed by atoms with Crippen molar-refractivity contribution < 1.29 is 19.1 Å². The molecule has 5 heteroatoms. The first kappa shape index (κ1) is 17.2. The zero-order valence-corrected chi connectivity index (χ0v) is 14.1. The van der Waals surface area contributed by atoms with Crippen LogP contribution in [0.25, 0.3) is 11.1 Å². The highest BCUT2D eigenvalue weighted by atomic mass is 16.5. The van der Waals surface area contributed by atoms with Crippen LogP contribution >= 0.6 is 0 Å². The summed E-state index contributed by atoms with van der Waals surface area (Å²) in [5.74, 6) is 0.234. The van der Waals surface area contributed by atoms with E-state index in [4.69, 9.17) is 15.2 Å². The first-order valence-electron chi connectivity index (χ1n) is 7.93. The van der Waals surface area contributed by atoms with Gasteiger partial charge in [0.05, 0.1) is 12.7 Å². The van der Waals surface area contributed by atoms with E-state index in [1.165, 1.54) is 0 Å². The van der Waals surface area contributed by atoms with Gasteiger partial charge in [0, 0.05) is 5.56 Å². The lowest BCUT2D eigenvalue weighted by Crippen LogP contribution is -2.10. The largest absolute Gasteiger partial charge is 0.497 e. The SMILES string of the molecule is COc1ccc(OC(=O)c2ccc(-c3ccc(C(N)=O)cc3)cc2)cc1. The molecule has 0 aliphatic heterocycles. The number of hydrogen-bond donors (Lipinski definition) is 1. The molecule has 0 radical (unpaired) electrons. The normalized spacial score (nSPS) is 10.2. The number of nitrogens with two attached hydrogens (primary N) is 1. The Kier molecular flexibility index (Phi) is 4.99. The van der Waals surface area contributed by atoms with E-state index in [1.807, 2.05) is 24.3 Å². The smallest absolute Gasteiger partial charge is 0.343 e. The van der Waals surface area contributed by atoms with Crippen LogP contribution in [0.4, 0.5) is 0 Å². The van der Waals surface area contributed by atoms with Crippen molar-refractivity contribution in [1.29, 1.82) is 0 Å². The molecule has 0 aliphatic rings. The molecular weight excluding hydrogens is 330 g/mol. The van der Waals surface area contributed by atoms with Crippen LogP contribution < -0.4 is 15.2 Å². The van der Waals surface area contributed by atoms with Gasteiger partial charge in [0.1, 0.15) is 11.5 Å². The number of ether oxygens (including phenoxy) is 2. The number of carbonyl (C=O) groups excluding carboxylic acids is 2. The van der Waals surface area contributed by atoms with Gasteiger partial charge in [-0.05, 0) is 59.7 Å². The molecule has 0 aliphatic carbocycles. The first-order chi connectivity index (χ1) is 12.6. The Morgan fingerprint density at radius 1 is 0.692 bits per heavy atom. The summed E-state index contributed by atoms with van der Waals surface area (Å²) in [7, 11) is 1.57. The van der Waals surface area contributed by atoms with E-state index in [-0.39, 0.29) is 0 Å².